The zero-order valence-electron chi connectivity index (χ0n) is 18.7. The minimum Gasteiger partial charge on any atom is -0.496 e. The average molecular weight is 407 g/mol. The van der Waals surface area contributed by atoms with Crippen LogP contribution >= 0.6 is 0 Å². The molecule has 30 heavy (non-hydrogen) atoms. The highest BCUT2D eigenvalue weighted by Crippen LogP contribution is 2.34. The predicted octanol–water partition coefficient (Wildman–Crippen LogP) is 3.88. The summed E-state index contributed by atoms with van der Waals surface area (Å²) < 4.78 is 5.50. The molecule has 1 aromatic heterocycles. The van der Waals surface area contributed by atoms with Gasteiger partial charge in [-0.3, -0.25) is 4.79 Å². The van der Waals surface area contributed by atoms with Crippen LogP contribution in [0.5, 0.6) is 5.75 Å². The molecule has 1 aromatic carbocycles. The third-order valence-corrected chi connectivity index (χ3v) is 5.89. The van der Waals surface area contributed by atoms with Crippen molar-refractivity contribution in [2.24, 2.45) is 5.92 Å². The van der Waals surface area contributed by atoms with Crippen LogP contribution < -0.4 is 9.64 Å². The van der Waals surface area contributed by atoms with Gasteiger partial charge in [0.05, 0.1) is 12.7 Å². The largest absolute Gasteiger partial charge is 0.496 e. The first-order valence-corrected chi connectivity index (χ1v) is 10.4. The maximum absolute atomic E-state index is 13.4. The number of aryl methyl sites for hydroxylation is 2. The fourth-order valence-corrected chi connectivity index (χ4v) is 4.25. The van der Waals surface area contributed by atoms with E-state index in [0.29, 0.717) is 30.3 Å². The maximum atomic E-state index is 13.4. The van der Waals surface area contributed by atoms with E-state index < -0.39 is 0 Å². The lowest BCUT2D eigenvalue weighted by molar-refractivity contribution is 0.0785. The Kier molecular flexibility index (Phi) is 5.04. The van der Waals surface area contributed by atoms with E-state index in [1.165, 1.54) is 5.57 Å². The number of ether oxygens (including phenoxy) is 1. The third kappa shape index (κ3) is 3.78. The van der Waals surface area contributed by atoms with Gasteiger partial charge in [0.2, 0.25) is 5.95 Å². The lowest BCUT2D eigenvalue weighted by Crippen LogP contribution is -2.32. The SMILES string of the molecule is COc1ccc(C(C)(C)C)cc1C(=O)N1CC2=CN(c3nc(C)cc(C)n3)CC2C1. The number of hydrogen-bond donors (Lipinski definition) is 0. The van der Waals surface area contributed by atoms with Gasteiger partial charge in [-0.05, 0) is 48.6 Å². The van der Waals surface area contributed by atoms with Crippen molar-refractivity contribution < 1.29 is 9.53 Å². The first-order valence-electron chi connectivity index (χ1n) is 10.4. The molecule has 0 saturated carbocycles. The molecule has 0 aliphatic carbocycles. The van der Waals surface area contributed by atoms with E-state index in [4.69, 9.17) is 4.74 Å². The standard InChI is InChI=1S/C24H30N4O2/c1-15-9-16(2)26-23(25-15)28-13-17-11-27(12-18(17)14-28)22(29)20-10-19(24(3,4)5)7-8-21(20)30-6/h7-10,13,18H,11-12,14H2,1-6H3. The highest BCUT2D eigenvalue weighted by Gasteiger charge is 2.37. The summed E-state index contributed by atoms with van der Waals surface area (Å²) in [5.41, 5.74) is 4.93. The van der Waals surface area contributed by atoms with E-state index in [0.717, 1.165) is 29.4 Å². The van der Waals surface area contributed by atoms with Crippen molar-refractivity contribution in [1.29, 1.82) is 0 Å². The molecule has 0 spiro atoms. The van der Waals surface area contributed by atoms with E-state index in [9.17, 15) is 4.79 Å². The van der Waals surface area contributed by atoms with Gasteiger partial charge in [-0.15, -0.1) is 0 Å². The monoisotopic (exact) mass is 406 g/mol. The quantitative estimate of drug-likeness (QED) is 0.774. The number of anilines is 1. The van der Waals surface area contributed by atoms with Crippen LogP contribution in [0.1, 0.15) is 48.1 Å². The first-order chi connectivity index (χ1) is 14.2. The first kappa shape index (κ1) is 20.4. The number of fused-ring (bicyclic) bond motifs is 1. The molecular weight excluding hydrogens is 376 g/mol. The number of aromatic nitrogens is 2. The zero-order chi connectivity index (χ0) is 21.6. The van der Waals surface area contributed by atoms with Crippen molar-refractivity contribution in [3.8, 4) is 5.75 Å². The van der Waals surface area contributed by atoms with Gasteiger partial charge in [0.25, 0.3) is 5.91 Å². The number of nitrogens with zero attached hydrogens (tertiary/aromatic N) is 4. The molecule has 0 radical (unpaired) electrons. The van der Waals surface area contributed by atoms with E-state index in [1.54, 1.807) is 7.11 Å². The second-order valence-corrected chi connectivity index (χ2v) is 9.35. The lowest BCUT2D eigenvalue weighted by Gasteiger charge is -2.23. The van der Waals surface area contributed by atoms with Crippen LogP contribution in [-0.4, -0.2) is 47.5 Å². The van der Waals surface area contributed by atoms with Crippen molar-refractivity contribution in [2.45, 2.75) is 40.0 Å². The molecule has 1 saturated heterocycles. The number of carbonyl (C=O) groups excluding carboxylic acids is 1. The summed E-state index contributed by atoms with van der Waals surface area (Å²) >= 11 is 0. The summed E-state index contributed by atoms with van der Waals surface area (Å²) in [5.74, 6) is 1.72. The Hall–Kier alpha value is -2.89. The minimum absolute atomic E-state index is 0.0300. The Labute approximate surface area is 178 Å². The Morgan fingerprint density at radius 3 is 2.40 bits per heavy atom. The van der Waals surface area contributed by atoms with Crippen molar-refractivity contribution in [1.82, 2.24) is 14.9 Å². The highest BCUT2D eigenvalue weighted by molar-refractivity contribution is 5.97. The van der Waals surface area contributed by atoms with Crippen LogP contribution in [0.15, 0.2) is 36.0 Å². The molecule has 1 amide bonds. The van der Waals surface area contributed by atoms with Gasteiger partial charge in [-0.2, -0.15) is 0 Å². The molecule has 4 rings (SSSR count). The van der Waals surface area contributed by atoms with E-state index >= 15 is 0 Å². The van der Waals surface area contributed by atoms with Crippen LogP contribution in [0.4, 0.5) is 5.95 Å². The van der Waals surface area contributed by atoms with Crippen molar-refractivity contribution in [2.75, 3.05) is 31.6 Å². The van der Waals surface area contributed by atoms with Crippen molar-refractivity contribution in [3.63, 3.8) is 0 Å². The molecule has 6 heteroatoms. The zero-order valence-corrected chi connectivity index (χ0v) is 18.7. The Morgan fingerprint density at radius 2 is 1.80 bits per heavy atom. The molecule has 1 atom stereocenters. The summed E-state index contributed by atoms with van der Waals surface area (Å²) in [6, 6.07) is 7.91. The fraction of sp³-hybridized carbons (Fsp3) is 0.458. The van der Waals surface area contributed by atoms with Crippen LogP contribution in [0, 0.1) is 19.8 Å². The number of methoxy groups -OCH3 is 1. The molecular formula is C24H30N4O2. The second kappa shape index (κ2) is 7.42. The highest BCUT2D eigenvalue weighted by atomic mass is 16.5. The molecule has 1 unspecified atom stereocenters. The normalized spacial score (nSPS) is 18.5. The molecule has 0 bridgehead atoms. The van der Waals surface area contributed by atoms with Crippen LogP contribution in [0.3, 0.4) is 0 Å². The number of amides is 1. The molecule has 3 heterocycles. The van der Waals surface area contributed by atoms with Crippen molar-refractivity contribution >= 4 is 11.9 Å². The summed E-state index contributed by atoms with van der Waals surface area (Å²) in [6.07, 6.45) is 2.12. The Bertz CT molecular complexity index is 1000. The number of rotatable bonds is 3. The van der Waals surface area contributed by atoms with E-state index in [2.05, 4.69) is 41.8 Å². The topological polar surface area (TPSA) is 58.6 Å². The number of likely N-dealkylation sites (tertiary alicyclic amines) is 1. The Morgan fingerprint density at radius 1 is 1.10 bits per heavy atom. The molecule has 158 valence electrons. The third-order valence-electron chi connectivity index (χ3n) is 5.89. The molecule has 1 fully saturated rings. The number of benzene rings is 1. The molecule has 0 N–H and O–H groups in total. The van der Waals surface area contributed by atoms with E-state index in [1.807, 2.05) is 43.0 Å². The summed E-state index contributed by atoms with van der Waals surface area (Å²) in [4.78, 5) is 26.5. The van der Waals surface area contributed by atoms with Crippen LogP contribution in [0.25, 0.3) is 0 Å². The fourth-order valence-electron chi connectivity index (χ4n) is 4.25. The molecule has 6 nitrogen and oxygen atoms in total. The molecule has 2 aliphatic heterocycles. The van der Waals surface area contributed by atoms with Gasteiger partial charge in [-0.1, -0.05) is 26.8 Å². The van der Waals surface area contributed by atoms with Crippen LogP contribution in [-0.2, 0) is 5.41 Å². The Balaban J connectivity index is 1.55. The minimum atomic E-state index is -0.0300. The predicted molar refractivity (Wildman–Crippen MR) is 118 cm³/mol. The van der Waals surface area contributed by atoms with Gasteiger partial charge >= 0.3 is 0 Å². The summed E-state index contributed by atoms with van der Waals surface area (Å²) in [7, 11) is 1.62. The average Bonchev–Trinajstić information content (AvgIpc) is 3.24. The molecule has 2 aromatic rings. The van der Waals surface area contributed by atoms with Crippen molar-refractivity contribution in [3.05, 3.63) is 58.6 Å². The number of carbonyl (C=O) groups is 1. The summed E-state index contributed by atoms with van der Waals surface area (Å²) in [5, 5.41) is 0. The smallest absolute Gasteiger partial charge is 0.257 e. The van der Waals surface area contributed by atoms with Gasteiger partial charge in [0.1, 0.15) is 5.75 Å². The second-order valence-electron chi connectivity index (χ2n) is 9.35. The van der Waals surface area contributed by atoms with Crippen LogP contribution in [0.2, 0.25) is 0 Å². The lowest BCUT2D eigenvalue weighted by atomic mass is 9.86. The van der Waals surface area contributed by atoms with Gasteiger partial charge in [0, 0.05) is 43.1 Å². The van der Waals surface area contributed by atoms with Gasteiger partial charge < -0.3 is 14.5 Å². The van der Waals surface area contributed by atoms with Gasteiger partial charge in [0.15, 0.2) is 0 Å². The van der Waals surface area contributed by atoms with E-state index in [-0.39, 0.29) is 11.3 Å². The maximum Gasteiger partial charge on any atom is 0.257 e. The molecule has 2 aliphatic rings. The summed E-state index contributed by atoms with van der Waals surface area (Å²) in [6.45, 7) is 12.6. The van der Waals surface area contributed by atoms with Gasteiger partial charge in [-0.25, -0.2) is 9.97 Å². The number of hydrogen-bond acceptors (Lipinski definition) is 5.